The summed E-state index contributed by atoms with van der Waals surface area (Å²) in [5, 5.41) is 0. The van der Waals surface area contributed by atoms with Crippen LogP contribution in [-0.4, -0.2) is 40.1 Å². The summed E-state index contributed by atoms with van der Waals surface area (Å²) >= 11 is 0. The smallest absolute Gasteiger partial charge is 0.264 e. The monoisotopic (exact) mass is 334 g/mol. The molecule has 6 heteroatoms. The summed E-state index contributed by atoms with van der Waals surface area (Å²) in [5.74, 6) is 0.656. The van der Waals surface area contributed by atoms with Crippen LogP contribution in [-0.2, 0) is 19.0 Å². The van der Waals surface area contributed by atoms with Gasteiger partial charge in [0.2, 0.25) is 0 Å². The Morgan fingerprint density at radius 1 is 1.13 bits per heavy atom. The first-order valence-electron chi connectivity index (χ1n) is 7.29. The van der Waals surface area contributed by atoms with Gasteiger partial charge in [0.05, 0.1) is 12.9 Å². The number of benzene rings is 2. The quantitative estimate of drug-likeness (QED) is 0.575. The molecule has 3 rings (SSSR count). The highest BCUT2D eigenvalue weighted by atomic mass is 32.2. The van der Waals surface area contributed by atoms with Crippen molar-refractivity contribution < 1.29 is 22.1 Å². The van der Waals surface area contributed by atoms with E-state index in [2.05, 4.69) is 0 Å². The molecule has 2 aromatic rings. The Balaban J connectivity index is 1.73. The molecular weight excluding hydrogens is 316 g/mol. The van der Waals surface area contributed by atoms with Gasteiger partial charge in [0.25, 0.3) is 10.1 Å². The Kier molecular flexibility index (Phi) is 4.66. The molecule has 1 saturated heterocycles. The van der Waals surface area contributed by atoms with Crippen molar-refractivity contribution in [1.29, 1.82) is 0 Å². The molecule has 1 aliphatic heterocycles. The highest BCUT2D eigenvalue weighted by molar-refractivity contribution is 7.85. The van der Waals surface area contributed by atoms with Crippen molar-refractivity contribution >= 4 is 10.1 Å². The summed E-state index contributed by atoms with van der Waals surface area (Å²) in [6.45, 7) is 0.495. The zero-order valence-corrected chi connectivity index (χ0v) is 13.5. The van der Waals surface area contributed by atoms with Crippen LogP contribution < -0.4 is 4.74 Å². The Morgan fingerprint density at radius 3 is 2.48 bits per heavy atom. The molecule has 0 unspecified atom stereocenters. The first kappa shape index (κ1) is 16.0. The van der Waals surface area contributed by atoms with Gasteiger partial charge in [-0.15, -0.1) is 0 Å². The van der Waals surface area contributed by atoms with Gasteiger partial charge in [0.1, 0.15) is 18.5 Å². The summed E-state index contributed by atoms with van der Waals surface area (Å²) in [6, 6.07) is 17.6. The average molecular weight is 334 g/mol. The minimum Gasteiger partial charge on any atom is -0.485 e. The zero-order chi connectivity index (χ0) is 16.3. The van der Waals surface area contributed by atoms with E-state index in [0.717, 1.165) is 17.4 Å². The SMILES string of the molecule is CS(=O)(=O)OC[C@@H](Oc1cccc(-c2ccccc2)c1)[C@@H]1CO1. The average Bonchev–Trinajstić information content (AvgIpc) is 3.36. The second-order valence-electron chi connectivity index (χ2n) is 5.41. The van der Waals surface area contributed by atoms with Crippen LogP contribution in [0.3, 0.4) is 0 Å². The van der Waals surface area contributed by atoms with Gasteiger partial charge in [-0.2, -0.15) is 8.42 Å². The zero-order valence-electron chi connectivity index (χ0n) is 12.7. The largest absolute Gasteiger partial charge is 0.485 e. The predicted molar refractivity (Wildman–Crippen MR) is 86.8 cm³/mol. The van der Waals surface area contributed by atoms with Crippen LogP contribution in [0.25, 0.3) is 11.1 Å². The number of rotatable bonds is 7. The molecule has 1 fully saturated rings. The lowest BCUT2D eigenvalue weighted by atomic mass is 10.1. The van der Waals surface area contributed by atoms with E-state index in [4.69, 9.17) is 13.7 Å². The molecule has 0 saturated carbocycles. The van der Waals surface area contributed by atoms with Crippen LogP contribution in [0.5, 0.6) is 5.75 Å². The van der Waals surface area contributed by atoms with Crippen LogP contribution >= 0.6 is 0 Å². The maximum atomic E-state index is 11.2. The van der Waals surface area contributed by atoms with Gasteiger partial charge in [-0.25, -0.2) is 0 Å². The second-order valence-corrected chi connectivity index (χ2v) is 7.05. The lowest BCUT2D eigenvalue weighted by molar-refractivity contribution is 0.104. The lowest BCUT2D eigenvalue weighted by Crippen LogP contribution is -2.30. The van der Waals surface area contributed by atoms with E-state index in [-0.39, 0.29) is 12.7 Å². The molecule has 0 spiro atoms. The standard InChI is InChI=1S/C17H18O5S/c1-23(18,19)21-12-17(16-11-20-16)22-15-9-5-8-14(10-15)13-6-3-2-4-7-13/h2-10,16-17H,11-12H2,1H3/t16-,17+/m0/s1. The number of hydrogen-bond donors (Lipinski definition) is 0. The van der Waals surface area contributed by atoms with Gasteiger partial charge < -0.3 is 9.47 Å². The number of ether oxygens (including phenoxy) is 2. The fraction of sp³-hybridized carbons (Fsp3) is 0.294. The van der Waals surface area contributed by atoms with Crippen molar-refractivity contribution in [3.8, 4) is 16.9 Å². The Morgan fingerprint density at radius 2 is 1.83 bits per heavy atom. The van der Waals surface area contributed by atoms with E-state index in [0.29, 0.717) is 12.4 Å². The molecule has 1 aliphatic rings. The van der Waals surface area contributed by atoms with E-state index in [1.54, 1.807) is 0 Å². The summed E-state index contributed by atoms with van der Waals surface area (Å²) < 4.78 is 38.3. The molecule has 0 bridgehead atoms. The molecule has 5 nitrogen and oxygen atoms in total. The van der Waals surface area contributed by atoms with Crippen molar-refractivity contribution in [3.63, 3.8) is 0 Å². The highest BCUT2D eigenvalue weighted by Gasteiger charge is 2.35. The fourth-order valence-electron chi connectivity index (χ4n) is 2.23. The van der Waals surface area contributed by atoms with Crippen molar-refractivity contribution in [2.24, 2.45) is 0 Å². The van der Waals surface area contributed by atoms with Crippen molar-refractivity contribution in [2.45, 2.75) is 12.2 Å². The summed E-state index contributed by atoms with van der Waals surface area (Å²) in [7, 11) is -3.50. The van der Waals surface area contributed by atoms with E-state index in [9.17, 15) is 8.42 Å². The first-order chi connectivity index (χ1) is 11.0. The summed E-state index contributed by atoms with van der Waals surface area (Å²) in [5.41, 5.74) is 2.12. The topological polar surface area (TPSA) is 65.1 Å². The maximum Gasteiger partial charge on any atom is 0.264 e. The molecule has 1 heterocycles. The third-order valence-corrected chi connectivity index (χ3v) is 4.01. The van der Waals surface area contributed by atoms with Crippen LogP contribution in [0.2, 0.25) is 0 Å². The summed E-state index contributed by atoms with van der Waals surface area (Å²) in [4.78, 5) is 0. The Hall–Kier alpha value is -1.89. The second kappa shape index (κ2) is 6.70. The molecular formula is C17H18O5S. The molecule has 23 heavy (non-hydrogen) atoms. The van der Waals surface area contributed by atoms with Crippen molar-refractivity contribution in [3.05, 3.63) is 54.6 Å². The number of epoxide rings is 1. The van der Waals surface area contributed by atoms with E-state index in [1.807, 2.05) is 54.6 Å². The van der Waals surface area contributed by atoms with Gasteiger partial charge in [-0.1, -0.05) is 42.5 Å². The Bertz CT molecular complexity index is 754. The van der Waals surface area contributed by atoms with Gasteiger partial charge in [-0.3, -0.25) is 4.18 Å². The number of hydrogen-bond acceptors (Lipinski definition) is 5. The first-order valence-corrected chi connectivity index (χ1v) is 9.11. The third kappa shape index (κ3) is 4.79. The molecule has 2 atom stereocenters. The van der Waals surface area contributed by atoms with Gasteiger partial charge in [-0.05, 0) is 23.3 Å². The fourth-order valence-corrected chi connectivity index (χ4v) is 2.61. The highest BCUT2D eigenvalue weighted by Crippen LogP contribution is 2.26. The van der Waals surface area contributed by atoms with Gasteiger partial charge >= 0.3 is 0 Å². The van der Waals surface area contributed by atoms with Crippen LogP contribution in [0.15, 0.2) is 54.6 Å². The summed E-state index contributed by atoms with van der Waals surface area (Å²) in [6.07, 6.45) is 0.446. The predicted octanol–water partition coefficient (Wildman–Crippen LogP) is 2.48. The van der Waals surface area contributed by atoms with Crippen molar-refractivity contribution in [2.75, 3.05) is 19.5 Å². The van der Waals surface area contributed by atoms with E-state index in [1.165, 1.54) is 0 Å². The third-order valence-electron chi connectivity index (χ3n) is 3.45. The minimum absolute atomic E-state index is 0.0565. The molecule has 122 valence electrons. The van der Waals surface area contributed by atoms with Gasteiger partial charge in [0, 0.05) is 0 Å². The molecule has 0 aromatic heterocycles. The van der Waals surface area contributed by atoms with Crippen molar-refractivity contribution in [1.82, 2.24) is 0 Å². The normalized spacial score (nSPS) is 18.4. The minimum atomic E-state index is -3.50. The lowest BCUT2D eigenvalue weighted by Gasteiger charge is -2.17. The molecule has 0 amide bonds. The molecule has 0 radical (unpaired) electrons. The van der Waals surface area contributed by atoms with Gasteiger partial charge in [0.15, 0.2) is 6.10 Å². The Labute approximate surface area is 135 Å². The maximum absolute atomic E-state index is 11.2. The van der Waals surface area contributed by atoms with Crippen LogP contribution in [0.4, 0.5) is 0 Å². The van der Waals surface area contributed by atoms with E-state index >= 15 is 0 Å². The van der Waals surface area contributed by atoms with E-state index < -0.39 is 16.2 Å². The molecule has 0 N–H and O–H groups in total. The van der Waals surface area contributed by atoms with Crippen LogP contribution in [0, 0.1) is 0 Å². The molecule has 0 aliphatic carbocycles. The molecule has 2 aromatic carbocycles. The van der Waals surface area contributed by atoms with Crippen LogP contribution in [0.1, 0.15) is 0 Å².